The number of piperidine rings is 1. The standard InChI is InChI=1S/C13H19NO/c15-13-9-10-5-3-4-8-14(10)12-7-2-1-6-11(12)13/h10H,1-9H2/t10-/m1/s1. The van der Waals surface area contributed by atoms with E-state index in [9.17, 15) is 4.79 Å². The summed E-state index contributed by atoms with van der Waals surface area (Å²) in [5.41, 5.74) is 2.63. The van der Waals surface area contributed by atoms with Crippen molar-refractivity contribution in [3.05, 3.63) is 11.3 Å². The summed E-state index contributed by atoms with van der Waals surface area (Å²) < 4.78 is 0. The van der Waals surface area contributed by atoms with Gasteiger partial charge >= 0.3 is 0 Å². The van der Waals surface area contributed by atoms with E-state index < -0.39 is 0 Å². The third-order valence-electron chi connectivity index (χ3n) is 4.17. The van der Waals surface area contributed by atoms with E-state index in [2.05, 4.69) is 4.90 Å². The van der Waals surface area contributed by atoms with Gasteiger partial charge in [0.05, 0.1) is 0 Å². The Balaban J connectivity index is 1.95. The highest BCUT2D eigenvalue weighted by Gasteiger charge is 2.35. The van der Waals surface area contributed by atoms with Gasteiger partial charge in [-0.1, -0.05) is 0 Å². The monoisotopic (exact) mass is 205 g/mol. The third kappa shape index (κ3) is 1.51. The van der Waals surface area contributed by atoms with Crippen LogP contribution in [0.4, 0.5) is 0 Å². The van der Waals surface area contributed by atoms with Crippen molar-refractivity contribution < 1.29 is 4.79 Å². The molecule has 0 bridgehead atoms. The van der Waals surface area contributed by atoms with Gasteiger partial charge in [0, 0.05) is 30.3 Å². The summed E-state index contributed by atoms with van der Waals surface area (Å²) in [4.78, 5) is 14.6. The second kappa shape index (κ2) is 3.66. The zero-order chi connectivity index (χ0) is 10.3. The fourth-order valence-electron chi connectivity index (χ4n) is 3.41. The first-order valence-corrected chi connectivity index (χ1v) is 6.38. The Morgan fingerprint density at radius 3 is 2.87 bits per heavy atom. The van der Waals surface area contributed by atoms with Gasteiger partial charge < -0.3 is 4.90 Å². The molecule has 0 unspecified atom stereocenters. The molecule has 2 heteroatoms. The van der Waals surface area contributed by atoms with Crippen LogP contribution in [0.2, 0.25) is 0 Å². The average Bonchev–Trinajstić information content (AvgIpc) is 2.30. The lowest BCUT2D eigenvalue weighted by Crippen LogP contribution is -2.45. The molecule has 0 N–H and O–H groups in total. The van der Waals surface area contributed by atoms with Crippen molar-refractivity contribution in [2.75, 3.05) is 6.54 Å². The molecular formula is C13H19NO. The minimum absolute atomic E-state index is 0.466. The third-order valence-corrected chi connectivity index (χ3v) is 4.17. The second-order valence-corrected chi connectivity index (χ2v) is 5.10. The van der Waals surface area contributed by atoms with Crippen molar-refractivity contribution in [3.8, 4) is 0 Å². The molecule has 0 aromatic rings. The maximum absolute atomic E-state index is 12.0. The van der Waals surface area contributed by atoms with Crippen LogP contribution in [0.25, 0.3) is 0 Å². The second-order valence-electron chi connectivity index (χ2n) is 5.10. The Hall–Kier alpha value is -0.790. The van der Waals surface area contributed by atoms with Crippen LogP contribution in [0.3, 0.4) is 0 Å². The van der Waals surface area contributed by atoms with Crippen LogP contribution in [0, 0.1) is 0 Å². The van der Waals surface area contributed by atoms with Gasteiger partial charge in [-0.2, -0.15) is 0 Å². The van der Waals surface area contributed by atoms with Crippen LogP contribution >= 0.6 is 0 Å². The molecule has 0 aromatic heterocycles. The first-order valence-electron chi connectivity index (χ1n) is 6.38. The molecule has 0 aromatic carbocycles. The van der Waals surface area contributed by atoms with Crippen LogP contribution < -0.4 is 0 Å². The SMILES string of the molecule is O=C1C[C@H]2CCCCN2C2=C1CCCC2. The molecule has 0 saturated carbocycles. The highest BCUT2D eigenvalue weighted by molar-refractivity contribution is 5.97. The quantitative estimate of drug-likeness (QED) is 0.606. The van der Waals surface area contributed by atoms with Crippen LogP contribution in [0.1, 0.15) is 51.4 Å². The van der Waals surface area contributed by atoms with Crippen LogP contribution in [0.5, 0.6) is 0 Å². The van der Waals surface area contributed by atoms with E-state index in [1.165, 1.54) is 49.9 Å². The minimum atomic E-state index is 0.466. The molecular weight excluding hydrogens is 186 g/mol. The van der Waals surface area contributed by atoms with Gasteiger partial charge in [-0.15, -0.1) is 0 Å². The van der Waals surface area contributed by atoms with Gasteiger partial charge in [0.15, 0.2) is 5.78 Å². The van der Waals surface area contributed by atoms with Crippen molar-refractivity contribution in [3.63, 3.8) is 0 Å². The molecule has 15 heavy (non-hydrogen) atoms. The fraction of sp³-hybridized carbons (Fsp3) is 0.769. The van der Waals surface area contributed by atoms with Crippen LogP contribution in [-0.2, 0) is 4.79 Å². The number of rotatable bonds is 0. The predicted molar refractivity (Wildman–Crippen MR) is 59.5 cm³/mol. The van der Waals surface area contributed by atoms with Crippen LogP contribution in [0.15, 0.2) is 11.3 Å². The summed E-state index contributed by atoms with van der Waals surface area (Å²) in [6.45, 7) is 1.21. The average molecular weight is 205 g/mol. The highest BCUT2D eigenvalue weighted by atomic mass is 16.1. The first-order chi connectivity index (χ1) is 7.36. The van der Waals surface area contributed by atoms with Gasteiger partial charge in [0.2, 0.25) is 0 Å². The molecule has 2 heterocycles. The van der Waals surface area contributed by atoms with Gasteiger partial charge in [-0.05, 0) is 44.9 Å². The molecule has 3 rings (SSSR count). The number of fused-ring (bicyclic) bond motifs is 2. The van der Waals surface area contributed by atoms with E-state index in [0.717, 1.165) is 19.3 Å². The fourth-order valence-corrected chi connectivity index (χ4v) is 3.41. The Kier molecular flexibility index (Phi) is 2.30. The number of allylic oxidation sites excluding steroid dienone is 2. The molecule has 3 aliphatic rings. The molecule has 82 valence electrons. The molecule has 2 nitrogen and oxygen atoms in total. The van der Waals surface area contributed by atoms with Crippen molar-refractivity contribution >= 4 is 5.78 Å². The van der Waals surface area contributed by atoms with Crippen molar-refractivity contribution in [2.45, 2.75) is 57.4 Å². The van der Waals surface area contributed by atoms with Crippen LogP contribution in [-0.4, -0.2) is 23.3 Å². The summed E-state index contributed by atoms with van der Waals surface area (Å²) in [5.74, 6) is 0.466. The molecule has 0 radical (unpaired) electrons. The first kappa shape index (κ1) is 9.44. The Morgan fingerprint density at radius 2 is 1.93 bits per heavy atom. The number of hydrogen-bond donors (Lipinski definition) is 0. The zero-order valence-corrected chi connectivity index (χ0v) is 9.30. The van der Waals surface area contributed by atoms with Gasteiger partial charge in [-0.3, -0.25) is 4.79 Å². The number of hydrogen-bond acceptors (Lipinski definition) is 2. The minimum Gasteiger partial charge on any atom is -0.371 e. The van der Waals surface area contributed by atoms with E-state index in [1.807, 2.05) is 0 Å². The van der Waals surface area contributed by atoms with E-state index in [-0.39, 0.29) is 0 Å². The summed E-state index contributed by atoms with van der Waals surface area (Å²) in [6.07, 6.45) is 9.41. The van der Waals surface area contributed by atoms with Gasteiger partial charge in [0.25, 0.3) is 0 Å². The number of Topliss-reactive ketones (excluding diaryl/α,β-unsaturated/α-hetero) is 1. The topological polar surface area (TPSA) is 20.3 Å². The molecule has 0 amide bonds. The van der Waals surface area contributed by atoms with Gasteiger partial charge in [-0.25, -0.2) is 0 Å². The molecule has 1 atom stereocenters. The van der Waals surface area contributed by atoms with E-state index in [0.29, 0.717) is 11.8 Å². The van der Waals surface area contributed by atoms with E-state index in [4.69, 9.17) is 0 Å². The summed E-state index contributed by atoms with van der Waals surface area (Å²) in [5, 5.41) is 0. The number of carbonyl (C=O) groups is 1. The smallest absolute Gasteiger partial charge is 0.162 e. The lowest BCUT2D eigenvalue weighted by Gasteiger charge is -2.44. The van der Waals surface area contributed by atoms with Crippen molar-refractivity contribution in [2.24, 2.45) is 0 Å². The lowest BCUT2D eigenvalue weighted by molar-refractivity contribution is -0.118. The highest BCUT2D eigenvalue weighted by Crippen LogP contribution is 2.37. The van der Waals surface area contributed by atoms with E-state index >= 15 is 0 Å². The molecule has 1 fully saturated rings. The summed E-state index contributed by atoms with van der Waals surface area (Å²) >= 11 is 0. The number of carbonyl (C=O) groups excluding carboxylic acids is 1. The van der Waals surface area contributed by atoms with Crippen molar-refractivity contribution in [1.29, 1.82) is 0 Å². The van der Waals surface area contributed by atoms with Gasteiger partial charge in [0.1, 0.15) is 0 Å². The maximum atomic E-state index is 12.0. The molecule has 0 spiro atoms. The van der Waals surface area contributed by atoms with Crippen molar-refractivity contribution in [1.82, 2.24) is 4.90 Å². The van der Waals surface area contributed by atoms with E-state index in [1.54, 1.807) is 0 Å². The number of nitrogens with zero attached hydrogens (tertiary/aromatic N) is 1. The molecule has 1 saturated heterocycles. The zero-order valence-electron chi connectivity index (χ0n) is 9.30. The Bertz CT molecular complexity index is 318. The Morgan fingerprint density at radius 1 is 1.07 bits per heavy atom. The maximum Gasteiger partial charge on any atom is 0.162 e. The summed E-state index contributed by atoms with van der Waals surface area (Å²) in [6, 6.07) is 0.558. The largest absolute Gasteiger partial charge is 0.371 e. The Labute approximate surface area is 91.3 Å². The normalized spacial score (nSPS) is 31.3. The summed E-state index contributed by atoms with van der Waals surface area (Å²) in [7, 11) is 0. The number of ketones is 1. The predicted octanol–water partition coefficient (Wildman–Crippen LogP) is 2.64. The lowest BCUT2D eigenvalue weighted by atomic mass is 9.83. The molecule has 1 aliphatic carbocycles. The molecule has 2 aliphatic heterocycles.